The number of halogens is 2. The summed E-state index contributed by atoms with van der Waals surface area (Å²) >= 11 is 0. The molecule has 0 spiro atoms. The lowest BCUT2D eigenvalue weighted by molar-refractivity contribution is -0.111. The lowest BCUT2D eigenvalue weighted by Gasteiger charge is -2.10. The number of amides is 1. The summed E-state index contributed by atoms with van der Waals surface area (Å²) in [4.78, 5) is 12.0. The van der Waals surface area contributed by atoms with E-state index < -0.39 is 6.61 Å². The third kappa shape index (κ3) is 5.19. The number of alkyl halides is 2. The predicted molar refractivity (Wildman–Crippen MR) is 87.8 cm³/mol. The lowest BCUT2D eigenvalue weighted by Crippen LogP contribution is -2.15. The molecule has 128 valence electrons. The second kappa shape index (κ2) is 8.24. The molecule has 1 aromatic heterocycles. The number of benzene rings is 1. The molecule has 0 bridgehead atoms. The molecule has 0 unspecified atom stereocenters. The van der Waals surface area contributed by atoms with Gasteiger partial charge in [0, 0.05) is 24.3 Å². The summed E-state index contributed by atoms with van der Waals surface area (Å²) in [6.07, 6.45) is 4.30. The number of rotatable bonds is 7. The van der Waals surface area contributed by atoms with Crippen molar-refractivity contribution in [3.05, 3.63) is 48.2 Å². The SMILES string of the molecule is CC(C)Cn1nccc1NC(=O)/C=C/c1ccccc1OC(F)F. The van der Waals surface area contributed by atoms with Crippen LogP contribution in [0.2, 0.25) is 0 Å². The zero-order valence-electron chi connectivity index (χ0n) is 13.4. The maximum atomic E-state index is 12.4. The van der Waals surface area contributed by atoms with Crippen LogP contribution in [0.4, 0.5) is 14.6 Å². The van der Waals surface area contributed by atoms with Crippen LogP contribution in [-0.4, -0.2) is 22.3 Å². The van der Waals surface area contributed by atoms with Crippen LogP contribution in [0.15, 0.2) is 42.6 Å². The van der Waals surface area contributed by atoms with E-state index in [0.29, 0.717) is 23.8 Å². The monoisotopic (exact) mass is 335 g/mol. The summed E-state index contributed by atoms with van der Waals surface area (Å²) in [5.41, 5.74) is 0.392. The summed E-state index contributed by atoms with van der Waals surface area (Å²) in [5, 5.41) is 6.86. The van der Waals surface area contributed by atoms with Gasteiger partial charge in [0.2, 0.25) is 5.91 Å². The molecule has 0 atom stereocenters. The fraction of sp³-hybridized carbons (Fsp3) is 0.294. The van der Waals surface area contributed by atoms with Crippen molar-refractivity contribution in [2.45, 2.75) is 27.0 Å². The van der Waals surface area contributed by atoms with Gasteiger partial charge in [-0.25, -0.2) is 4.68 Å². The van der Waals surface area contributed by atoms with Crippen molar-refractivity contribution in [1.29, 1.82) is 0 Å². The molecule has 1 N–H and O–H groups in total. The van der Waals surface area contributed by atoms with Gasteiger partial charge in [0.25, 0.3) is 0 Å². The first-order chi connectivity index (χ1) is 11.5. The van der Waals surface area contributed by atoms with E-state index >= 15 is 0 Å². The Kier molecular flexibility index (Phi) is 6.06. The summed E-state index contributed by atoms with van der Waals surface area (Å²) in [5.74, 6) is 0.596. The molecule has 7 heteroatoms. The Bertz CT molecular complexity index is 711. The molecule has 1 aromatic carbocycles. The second-order valence-corrected chi connectivity index (χ2v) is 5.53. The van der Waals surface area contributed by atoms with Crippen LogP contribution in [0, 0.1) is 5.92 Å². The highest BCUT2D eigenvalue weighted by Crippen LogP contribution is 2.21. The van der Waals surface area contributed by atoms with Gasteiger partial charge in [0.15, 0.2) is 0 Å². The molecule has 0 radical (unpaired) electrons. The summed E-state index contributed by atoms with van der Waals surface area (Å²) in [7, 11) is 0. The zero-order chi connectivity index (χ0) is 17.5. The highest BCUT2D eigenvalue weighted by Gasteiger charge is 2.09. The standard InChI is InChI=1S/C17H19F2N3O2/c1-12(2)11-22-15(9-10-20-22)21-16(23)8-7-13-5-3-4-6-14(13)24-17(18)19/h3-10,12,17H,11H2,1-2H3,(H,21,23)/b8-7+. The number of nitrogens with one attached hydrogen (secondary N) is 1. The molecule has 5 nitrogen and oxygen atoms in total. The maximum absolute atomic E-state index is 12.4. The van der Waals surface area contributed by atoms with Gasteiger partial charge < -0.3 is 10.1 Å². The van der Waals surface area contributed by atoms with Crippen molar-refractivity contribution in [3.63, 3.8) is 0 Å². The van der Waals surface area contributed by atoms with Crippen LogP contribution < -0.4 is 10.1 Å². The molecule has 1 heterocycles. The van der Waals surface area contributed by atoms with Gasteiger partial charge in [-0.3, -0.25) is 4.79 Å². The summed E-state index contributed by atoms with van der Waals surface area (Å²) in [6.45, 7) is 1.86. The van der Waals surface area contributed by atoms with Crippen molar-refractivity contribution in [3.8, 4) is 5.75 Å². The van der Waals surface area contributed by atoms with Gasteiger partial charge in [0.1, 0.15) is 11.6 Å². The average Bonchev–Trinajstić information content (AvgIpc) is 2.92. The first-order valence-corrected chi connectivity index (χ1v) is 7.50. The molecule has 0 fully saturated rings. The van der Waals surface area contributed by atoms with E-state index in [1.165, 1.54) is 18.2 Å². The number of hydrogen-bond acceptors (Lipinski definition) is 3. The number of aromatic nitrogens is 2. The topological polar surface area (TPSA) is 56.2 Å². The Morgan fingerprint density at radius 3 is 2.79 bits per heavy atom. The number of carbonyl (C=O) groups excluding carboxylic acids is 1. The van der Waals surface area contributed by atoms with Crippen molar-refractivity contribution in [2.24, 2.45) is 5.92 Å². The van der Waals surface area contributed by atoms with Gasteiger partial charge in [-0.1, -0.05) is 32.0 Å². The lowest BCUT2D eigenvalue weighted by atomic mass is 10.2. The molecule has 0 aliphatic carbocycles. The quantitative estimate of drug-likeness (QED) is 0.783. The Morgan fingerprint density at radius 1 is 1.33 bits per heavy atom. The van der Waals surface area contributed by atoms with E-state index in [2.05, 4.69) is 15.2 Å². The van der Waals surface area contributed by atoms with E-state index in [1.807, 2.05) is 13.8 Å². The third-order valence-corrected chi connectivity index (χ3v) is 3.06. The molecule has 0 aliphatic rings. The minimum Gasteiger partial charge on any atom is -0.434 e. The molecule has 2 rings (SSSR count). The van der Waals surface area contributed by atoms with Crippen LogP contribution in [0.5, 0.6) is 5.75 Å². The van der Waals surface area contributed by atoms with Gasteiger partial charge in [-0.15, -0.1) is 0 Å². The second-order valence-electron chi connectivity index (χ2n) is 5.53. The first kappa shape index (κ1) is 17.7. The van der Waals surface area contributed by atoms with Gasteiger partial charge in [0.05, 0.1) is 6.20 Å². The van der Waals surface area contributed by atoms with E-state index in [9.17, 15) is 13.6 Å². The first-order valence-electron chi connectivity index (χ1n) is 7.50. The van der Waals surface area contributed by atoms with Crippen molar-refractivity contribution in [2.75, 3.05) is 5.32 Å². The van der Waals surface area contributed by atoms with Crippen molar-refractivity contribution in [1.82, 2.24) is 9.78 Å². The molecule has 1 amide bonds. The van der Waals surface area contributed by atoms with Crippen LogP contribution in [-0.2, 0) is 11.3 Å². The normalized spacial score (nSPS) is 11.4. The smallest absolute Gasteiger partial charge is 0.387 e. The summed E-state index contributed by atoms with van der Waals surface area (Å²) in [6, 6.07) is 7.96. The number of para-hydroxylation sites is 1. The molecular weight excluding hydrogens is 316 g/mol. The van der Waals surface area contributed by atoms with Crippen LogP contribution >= 0.6 is 0 Å². The predicted octanol–water partition coefficient (Wildman–Crippen LogP) is 3.79. The maximum Gasteiger partial charge on any atom is 0.387 e. The van der Waals surface area contributed by atoms with E-state index in [1.54, 1.807) is 35.1 Å². The molecular formula is C17H19F2N3O2. The van der Waals surface area contributed by atoms with Crippen LogP contribution in [0.1, 0.15) is 19.4 Å². The number of anilines is 1. The van der Waals surface area contributed by atoms with Crippen molar-refractivity contribution >= 4 is 17.8 Å². The van der Waals surface area contributed by atoms with Crippen LogP contribution in [0.3, 0.4) is 0 Å². The fourth-order valence-corrected chi connectivity index (χ4v) is 2.09. The molecule has 0 aliphatic heterocycles. The fourth-order valence-electron chi connectivity index (χ4n) is 2.09. The highest BCUT2D eigenvalue weighted by atomic mass is 19.3. The van der Waals surface area contributed by atoms with E-state index in [4.69, 9.17) is 0 Å². The van der Waals surface area contributed by atoms with Gasteiger partial charge in [-0.2, -0.15) is 13.9 Å². The largest absolute Gasteiger partial charge is 0.434 e. The molecule has 2 aromatic rings. The Balaban J connectivity index is 2.05. The number of ether oxygens (including phenoxy) is 1. The number of nitrogens with zero attached hydrogens (tertiary/aromatic N) is 2. The van der Waals surface area contributed by atoms with Gasteiger partial charge >= 0.3 is 6.61 Å². The van der Waals surface area contributed by atoms with E-state index in [-0.39, 0.29) is 11.7 Å². The third-order valence-electron chi connectivity index (χ3n) is 3.06. The highest BCUT2D eigenvalue weighted by molar-refractivity contribution is 6.01. The zero-order valence-corrected chi connectivity index (χ0v) is 13.4. The molecule has 24 heavy (non-hydrogen) atoms. The average molecular weight is 335 g/mol. The Hall–Kier alpha value is -2.70. The minimum absolute atomic E-state index is 0.0152. The van der Waals surface area contributed by atoms with Crippen molar-refractivity contribution < 1.29 is 18.3 Å². The molecule has 0 saturated heterocycles. The minimum atomic E-state index is -2.92. The Morgan fingerprint density at radius 2 is 2.08 bits per heavy atom. The van der Waals surface area contributed by atoms with Crippen LogP contribution in [0.25, 0.3) is 6.08 Å². The number of hydrogen-bond donors (Lipinski definition) is 1. The van der Waals surface area contributed by atoms with Gasteiger partial charge in [-0.05, 0) is 18.1 Å². The Labute approximate surface area is 138 Å². The number of carbonyl (C=O) groups is 1. The molecule has 0 saturated carbocycles. The van der Waals surface area contributed by atoms with E-state index in [0.717, 1.165) is 0 Å². The summed E-state index contributed by atoms with van der Waals surface area (Å²) < 4.78 is 30.8.